The largest absolute Gasteiger partial charge is 0.397 e. The maximum absolute atomic E-state index is 13.1. The molecule has 1 unspecified atom stereocenters. The fraction of sp³-hybridized carbons (Fsp3) is 0.500. The van der Waals surface area contributed by atoms with Gasteiger partial charge in [-0.25, -0.2) is 4.39 Å². The zero-order valence-electron chi connectivity index (χ0n) is 9.96. The van der Waals surface area contributed by atoms with Crippen LogP contribution in [0, 0.1) is 11.7 Å². The minimum absolute atomic E-state index is 0.120. The number of hydrogen-bond donors (Lipinski definition) is 2. The molecule has 0 heterocycles. The Hall–Kier alpha value is -1.29. The quantitative estimate of drug-likeness (QED) is 0.758. The summed E-state index contributed by atoms with van der Waals surface area (Å²) in [6.45, 7) is 4.71. The lowest BCUT2D eigenvalue weighted by molar-refractivity contribution is 0.171. The molecule has 0 bridgehead atoms. The van der Waals surface area contributed by atoms with Crippen molar-refractivity contribution in [1.82, 2.24) is 0 Å². The van der Waals surface area contributed by atoms with Crippen LogP contribution in [0.25, 0.3) is 0 Å². The van der Waals surface area contributed by atoms with E-state index in [9.17, 15) is 4.39 Å². The van der Waals surface area contributed by atoms with Gasteiger partial charge in [-0.15, -0.1) is 0 Å². The molecule has 0 fully saturated rings. The number of halogens is 1. The Labute approximate surface area is 95.8 Å². The third-order valence-corrected chi connectivity index (χ3v) is 2.51. The normalized spacial score (nSPS) is 12.8. The van der Waals surface area contributed by atoms with Crippen molar-refractivity contribution in [2.75, 3.05) is 24.8 Å². The molecule has 90 valence electrons. The molecule has 1 aromatic rings. The first kappa shape index (κ1) is 12.8. The van der Waals surface area contributed by atoms with Gasteiger partial charge in [0.15, 0.2) is 0 Å². The Morgan fingerprint density at radius 2 is 2.12 bits per heavy atom. The van der Waals surface area contributed by atoms with Gasteiger partial charge in [0.2, 0.25) is 0 Å². The van der Waals surface area contributed by atoms with Crippen molar-refractivity contribution in [2.45, 2.75) is 19.9 Å². The summed E-state index contributed by atoms with van der Waals surface area (Å²) < 4.78 is 18.2. The summed E-state index contributed by atoms with van der Waals surface area (Å²) in [6, 6.07) is 4.43. The molecule has 4 heteroatoms. The molecule has 0 aliphatic carbocycles. The van der Waals surface area contributed by atoms with E-state index in [1.165, 1.54) is 12.1 Å². The summed E-state index contributed by atoms with van der Waals surface area (Å²) in [5.41, 5.74) is 6.93. The molecule has 0 aromatic heterocycles. The van der Waals surface area contributed by atoms with E-state index < -0.39 is 0 Å². The van der Waals surface area contributed by atoms with Crippen LogP contribution in [0.15, 0.2) is 18.2 Å². The number of nitrogens with two attached hydrogens (primary N) is 1. The van der Waals surface area contributed by atoms with Crippen LogP contribution in [0.4, 0.5) is 15.8 Å². The van der Waals surface area contributed by atoms with Gasteiger partial charge in [-0.3, -0.25) is 0 Å². The zero-order valence-corrected chi connectivity index (χ0v) is 9.96. The van der Waals surface area contributed by atoms with Crippen molar-refractivity contribution >= 4 is 11.4 Å². The van der Waals surface area contributed by atoms with Crippen LogP contribution in [0.2, 0.25) is 0 Å². The van der Waals surface area contributed by atoms with E-state index in [1.807, 2.05) is 0 Å². The number of anilines is 2. The minimum Gasteiger partial charge on any atom is -0.397 e. The Balaban J connectivity index is 2.80. The summed E-state index contributed by atoms with van der Waals surface area (Å²) in [5, 5.41) is 3.20. The molecular weight excluding hydrogens is 207 g/mol. The maximum atomic E-state index is 13.1. The van der Waals surface area contributed by atoms with Crippen molar-refractivity contribution in [1.29, 1.82) is 0 Å². The zero-order chi connectivity index (χ0) is 12.1. The first-order chi connectivity index (χ1) is 7.54. The summed E-state index contributed by atoms with van der Waals surface area (Å²) in [7, 11) is 1.64. The van der Waals surface area contributed by atoms with Crippen molar-refractivity contribution in [2.24, 2.45) is 5.92 Å². The molecule has 0 radical (unpaired) electrons. The van der Waals surface area contributed by atoms with Gasteiger partial charge < -0.3 is 15.8 Å². The van der Waals surface area contributed by atoms with E-state index in [0.717, 1.165) is 0 Å². The van der Waals surface area contributed by atoms with E-state index in [0.29, 0.717) is 23.9 Å². The fourth-order valence-corrected chi connectivity index (χ4v) is 1.43. The first-order valence-corrected chi connectivity index (χ1v) is 5.35. The van der Waals surface area contributed by atoms with Gasteiger partial charge in [0.1, 0.15) is 5.82 Å². The molecule has 0 amide bonds. The summed E-state index contributed by atoms with van der Waals surface area (Å²) in [4.78, 5) is 0. The number of rotatable bonds is 5. The average molecular weight is 226 g/mol. The first-order valence-electron chi connectivity index (χ1n) is 5.35. The predicted molar refractivity (Wildman–Crippen MR) is 64.9 cm³/mol. The number of benzene rings is 1. The molecule has 1 aromatic carbocycles. The summed E-state index contributed by atoms with van der Waals surface area (Å²) in [6.07, 6.45) is 0. The molecule has 1 atom stereocenters. The highest BCUT2D eigenvalue weighted by molar-refractivity contribution is 5.66. The molecule has 3 nitrogen and oxygen atoms in total. The highest BCUT2D eigenvalue weighted by Crippen LogP contribution is 2.21. The lowest BCUT2D eigenvalue weighted by Gasteiger charge is -2.23. The SMILES string of the molecule is COCC(Nc1cc(F)ccc1N)C(C)C. The molecule has 0 aliphatic rings. The van der Waals surface area contributed by atoms with Crippen molar-refractivity contribution in [3.05, 3.63) is 24.0 Å². The van der Waals surface area contributed by atoms with Crippen LogP contribution in [0.5, 0.6) is 0 Å². The van der Waals surface area contributed by atoms with Crippen LogP contribution in [-0.4, -0.2) is 19.8 Å². The molecular formula is C12H19FN2O. The second kappa shape index (κ2) is 5.70. The second-order valence-electron chi connectivity index (χ2n) is 4.18. The lowest BCUT2D eigenvalue weighted by atomic mass is 10.0. The molecule has 0 aliphatic heterocycles. The molecule has 0 saturated carbocycles. The Kier molecular flexibility index (Phi) is 4.55. The maximum Gasteiger partial charge on any atom is 0.125 e. The standard InChI is InChI=1S/C12H19FN2O/c1-8(2)12(7-16-3)15-11-6-9(13)4-5-10(11)14/h4-6,8,12,15H,7,14H2,1-3H3. The molecule has 0 saturated heterocycles. The highest BCUT2D eigenvalue weighted by atomic mass is 19.1. The Morgan fingerprint density at radius 1 is 1.44 bits per heavy atom. The van der Waals surface area contributed by atoms with Gasteiger partial charge in [0, 0.05) is 7.11 Å². The van der Waals surface area contributed by atoms with Gasteiger partial charge in [0.05, 0.1) is 24.0 Å². The number of nitrogen functional groups attached to an aromatic ring is 1. The number of hydrogen-bond acceptors (Lipinski definition) is 3. The van der Waals surface area contributed by atoms with Gasteiger partial charge in [-0.05, 0) is 24.1 Å². The van der Waals surface area contributed by atoms with E-state index >= 15 is 0 Å². The highest BCUT2D eigenvalue weighted by Gasteiger charge is 2.14. The van der Waals surface area contributed by atoms with Crippen LogP contribution >= 0.6 is 0 Å². The minimum atomic E-state index is -0.295. The van der Waals surface area contributed by atoms with Crippen molar-refractivity contribution in [3.8, 4) is 0 Å². The van der Waals surface area contributed by atoms with E-state index in [1.54, 1.807) is 13.2 Å². The predicted octanol–water partition coefficient (Wildman–Crippen LogP) is 2.49. The Morgan fingerprint density at radius 3 is 2.69 bits per heavy atom. The van der Waals surface area contributed by atoms with E-state index in [-0.39, 0.29) is 11.9 Å². The third kappa shape index (κ3) is 3.38. The number of ether oxygens (including phenoxy) is 1. The van der Waals surface area contributed by atoms with Gasteiger partial charge >= 0.3 is 0 Å². The summed E-state index contributed by atoms with van der Waals surface area (Å²) in [5.74, 6) is 0.0826. The molecule has 3 N–H and O–H groups in total. The number of methoxy groups -OCH3 is 1. The number of nitrogens with one attached hydrogen (secondary N) is 1. The smallest absolute Gasteiger partial charge is 0.125 e. The van der Waals surface area contributed by atoms with E-state index in [4.69, 9.17) is 10.5 Å². The van der Waals surface area contributed by atoms with Crippen LogP contribution in [0.3, 0.4) is 0 Å². The van der Waals surface area contributed by atoms with Crippen molar-refractivity contribution < 1.29 is 9.13 Å². The fourth-order valence-electron chi connectivity index (χ4n) is 1.43. The monoisotopic (exact) mass is 226 g/mol. The van der Waals surface area contributed by atoms with Crippen LogP contribution in [0.1, 0.15) is 13.8 Å². The van der Waals surface area contributed by atoms with Gasteiger partial charge in [-0.2, -0.15) is 0 Å². The third-order valence-electron chi connectivity index (χ3n) is 2.51. The lowest BCUT2D eigenvalue weighted by Crippen LogP contribution is -2.30. The van der Waals surface area contributed by atoms with Gasteiger partial charge in [-0.1, -0.05) is 13.8 Å². The molecule has 0 spiro atoms. The summed E-state index contributed by atoms with van der Waals surface area (Å²) >= 11 is 0. The second-order valence-corrected chi connectivity index (χ2v) is 4.18. The Bertz CT molecular complexity index is 342. The van der Waals surface area contributed by atoms with Crippen LogP contribution in [-0.2, 0) is 4.74 Å². The molecule has 16 heavy (non-hydrogen) atoms. The van der Waals surface area contributed by atoms with E-state index in [2.05, 4.69) is 19.2 Å². The van der Waals surface area contributed by atoms with Crippen molar-refractivity contribution in [3.63, 3.8) is 0 Å². The van der Waals surface area contributed by atoms with Crippen LogP contribution < -0.4 is 11.1 Å². The average Bonchev–Trinajstić information content (AvgIpc) is 2.22. The van der Waals surface area contributed by atoms with Gasteiger partial charge in [0.25, 0.3) is 0 Å². The molecule has 1 rings (SSSR count). The topological polar surface area (TPSA) is 47.3 Å².